The average Bonchev–Trinajstić information content (AvgIpc) is 3.88. The Morgan fingerprint density at radius 2 is 0.967 bits per heavy atom. The monoisotopic (exact) mass is 778 g/mol. The Bertz CT molecular complexity index is 3570. The third kappa shape index (κ3) is 5.90. The summed E-state index contributed by atoms with van der Waals surface area (Å²) in [5.74, 6) is 0. The second kappa shape index (κ2) is 14.3. The molecule has 2 heterocycles. The molecule has 0 amide bonds. The van der Waals surface area contributed by atoms with E-state index in [2.05, 4.69) is 240 Å². The Morgan fingerprint density at radius 3 is 1.75 bits per heavy atom. The summed E-state index contributed by atoms with van der Waals surface area (Å²) < 4.78 is 9.38. The third-order valence-electron chi connectivity index (χ3n) is 12.1. The van der Waals surface area contributed by atoms with E-state index in [1.165, 1.54) is 43.8 Å². The normalized spacial score (nSPS) is 11.6. The molecule has 0 saturated carbocycles. The molecule has 3 nitrogen and oxygen atoms in total. The van der Waals surface area contributed by atoms with E-state index in [1.54, 1.807) is 0 Å². The summed E-state index contributed by atoms with van der Waals surface area (Å²) in [5, 5.41) is 6.99. The number of nitrogens with zero attached hydrogens (tertiary/aromatic N) is 2. The zero-order valence-corrected chi connectivity index (χ0v) is 33.2. The van der Waals surface area contributed by atoms with Crippen molar-refractivity contribution in [3.8, 4) is 39.1 Å². The predicted molar refractivity (Wildman–Crippen MR) is 257 cm³/mol. The summed E-state index contributed by atoms with van der Waals surface area (Å²) >= 11 is 0. The number of hydrogen-bond acceptors (Lipinski definition) is 2. The van der Waals surface area contributed by atoms with Gasteiger partial charge in [-0.15, -0.1) is 0 Å². The molecule has 0 spiro atoms. The maximum Gasteiger partial charge on any atom is 0.143 e. The minimum atomic E-state index is 0.870. The van der Waals surface area contributed by atoms with E-state index in [4.69, 9.17) is 4.42 Å². The van der Waals surface area contributed by atoms with Crippen LogP contribution in [0.1, 0.15) is 0 Å². The number of benzene rings is 10. The first-order valence-electron chi connectivity index (χ1n) is 20.8. The van der Waals surface area contributed by atoms with Gasteiger partial charge in [0, 0.05) is 49.9 Å². The van der Waals surface area contributed by atoms with Crippen molar-refractivity contribution < 1.29 is 4.42 Å². The number of rotatable bonds is 7. The van der Waals surface area contributed by atoms with Gasteiger partial charge in [-0.3, -0.25) is 0 Å². The van der Waals surface area contributed by atoms with Crippen molar-refractivity contribution in [3.63, 3.8) is 0 Å². The molecule has 0 bridgehead atoms. The van der Waals surface area contributed by atoms with Gasteiger partial charge in [0.2, 0.25) is 0 Å². The Labute approximate surface area is 353 Å². The molecule has 0 aliphatic heterocycles. The smallest absolute Gasteiger partial charge is 0.143 e. The maximum atomic E-state index is 6.99. The maximum absolute atomic E-state index is 6.99. The van der Waals surface area contributed by atoms with Crippen molar-refractivity contribution in [1.29, 1.82) is 0 Å². The van der Waals surface area contributed by atoms with Crippen LogP contribution >= 0.6 is 0 Å². The summed E-state index contributed by atoms with van der Waals surface area (Å²) in [4.78, 5) is 2.40. The van der Waals surface area contributed by atoms with Crippen molar-refractivity contribution in [2.45, 2.75) is 0 Å². The van der Waals surface area contributed by atoms with Gasteiger partial charge in [0.05, 0.1) is 11.0 Å². The van der Waals surface area contributed by atoms with Gasteiger partial charge in [-0.2, -0.15) is 0 Å². The van der Waals surface area contributed by atoms with E-state index in [-0.39, 0.29) is 0 Å². The molecule has 0 aliphatic rings. The lowest BCUT2D eigenvalue weighted by Crippen LogP contribution is -2.10. The van der Waals surface area contributed by atoms with Crippen LogP contribution in [0.2, 0.25) is 0 Å². The zero-order valence-electron chi connectivity index (χ0n) is 33.2. The molecule has 0 fully saturated rings. The van der Waals surface area contributed by atoms with Crippen molar-refractivity contribution in [3.05, 3.63) is 231 Å². The molecular weight excluding hydrogens is 741 g/mol. The second-order valence-electron chi connectivity index (χ2n) is 15.7. The van der Waals surface area contributed by atoms with Gasteiger partial charge in [0.1, 0.15) is 11.2 Å². The van der Waals surface area contributed by atoms with Gasteiger partial charge in [-0.05, 0) is 105 Å². The molecular formula is C58H38N2O. The third-order valence-corrected chi connectivity index (χ3v) is 12.1. The lowest BCUT2D eigenvalue weighted by molar-refractivity contribution is 0.670. The van der Waals surface area contributed by atoms with Crippen LogP contribution in [0.5, 0.6) is 0 Å². The largest absolute Gasteiger partial charge is 0.455 e. The van der Waals surface area contributed by atoms with Crippen LogP contribution in [-0.4, -0.2) is 4.57 Å². The van der Waals surface area contributed by atoms with Gasteiger partial charge in [0.15, 0.2) is 0 Å². The molecule has 0 N–H and O–H groups in total. The van der Waals surface area contributed by atoms with Crippen LogP contribution in [0.4, 0.5) is 17.1 Å². The summed E-state index contributed by atoms with van der Waals surface area (Å²) in [7, 11) is 0. The molecule has 0 aliphatic carbocycles. The van der Waals surface area contributed by atoms with E-state index < -0.39 is 0 Å². The number of anilines is 3. The van der Waals surface area contributed by atoms with Crippen molar-refractivity contribution >= 4 is 71.6 Å². The van der Waals surface area contributed by atoms with E-state index in [1.807, 2.05) is 0 Å². The predicted octanol–water partition coefficient (Wildman–Crippen LogP) is 16.3. The minimum absolute atomic E-state index is 0.870. The van der Waals surface area contributed by atoms with Gasteiger partial charge >= 0.3 is 0 Å². The van der Waals surface area contributed by atoms with E-state index in [0.717, 1.165) is 66.9 Å². The standard InChI is InChI=1S/C58H38N2O/c1-4-15-39(16-5-1)41-27-31-46(32-28-41)59(47-23-14-20-43(35-47)40-17-6-2-7-18-40)48-37-52(58-53(38-48)57-49-24-11-10-19-42(49)30-34-56(57)61-58)44-29-33-51-50-25-12-13-26-54(50)60(55(51)36-44)45-21-8-3-9-22-45/h1-38H. The zero-order chi connectivity index (χ0) is 40.3. The highest BCUT2D eigenvalue weighted by molar-refractivity contribution is 6.22. The number of fused-ring (bicyclic) bond motifs is 8. The van der Waals surface area contributed by atoms with Crippen LogP contribution in [0.3, 0.4) is 0 Å². The van der Waals surface area contributed by atoms with Gasteiger partial charge in [-0.1, -0.05) is 164 Å². The lowest BCUT2D eigenvalue weighted by Gasteiger charge is -2.27. The van der Waals surface area contributed by atoms with E-state index in [0.29, 0.717) is 0 Å². The molecule has 0 atom stereocenters. The lowest BCUT2D eigenvalue weighted by atomic mass is 9.97. The molecule has 12 rings (SSSR count). The number of hydrogen-bond donors (Lipinski definition) is 0. The molecule has 286 valence electrons. The topological polar surface area (TPSA) is 21.3 Å². The molecule has 12 aromatic rings. The second-order valence-corrected chi connectivity index (χ2v) is 15.7. The van der Waals surface area contributed by atoms with Crippen molar-refractivity contribution in [2.75, 3.05) is 4.90 Å². The molecule has 10 aromatic carbocycles. The first kappa shape index (κ1) is 34.9. The summed E-state index contributed by atoms with van der Waals surface area (Å²) in [6.45, 7) is 0. The average molecular weight is 779 g/mol. The Morgan fingerprint density at radius 1 is 0.344 bits per heavy atom. The SMILES string of the molecule is c1ccc(-c2ccc(N(c3cccc(-c4ccccc4)c3)c3cc(-c4ccc5c6ccccc6n(-c6ccccc6)c5c4)c4oc5ccc6ccccc6c5c4c3)cc2)cc1. The van der Waals surface area contributed by atoms with Crippen molar-refractivity contribution in [2.24, 2.45) is 0 Å². The molecule has 0 unspecified atom stereocenters. The van der Waals surface area contributed by atoms with Gasteiger partial charge in [-0.25, -0.2) is 0 Å². The van der Waals surface area contributed by atoms with Crippen LogP contribution in [0.25, 0.3) is 93.6 Å². The van der Waals surface area contributed by atoms with Crippen LogP contribution in [0.15, 0.2) is 235 Å². The fourth-order valence-electron chi connectivity index (χ4n) is 9.31. The number of aromatic nitrogens is 1. The summed E-state index contributed by atoms with van der Waals surface area (Å²) in [5.41, 5.74) is 15.2. The van der Waals surface area contributed by atoms with Crippen molar-refractivity contribution in [1.82, 2.24) is 4.57 Å². The molecule has 3 heteroatoms. The van der Waals surface area contributed by atoms with Gasteiger partial charge < -0.3 is 13.9 Å². The van der Waals surface area contributed by atoms with Crippen LogP contribution < -0.4 is 4.90 Å². The number of furan rings is 1. The molecule has 61 heavy (non-hydrogen) atoms. The summed E-state index contributed by atoms with van der Waals surface area (Å²) in [6, 6.07) is 82.9. The fourth-order valence-corrected chi connectivity index (χ4v) is 9.31. The highest BCUT2D eigenvalue weighted by Gasteiger charge is 2.22. The summed E-state index contributed by atoms with van der Waals surface area (Å²) in [6.07, 6.45) is 0. The van der Waals surface area contributed by atoms with Crippen LogP contribution in [0, 0.1) is 0 Å². The Balaban J connectivity index is 1.15. The van der Waals surface area contributed by atoms with Crippen LogP contribution in [-0.2, 0) is 0 Å². The Kier molecular flexibility index (Phi) is 8.17. The minimum Gasteiger partial charge on any atom is -0.455 e. The Hall–Kier alpha value is -8.14. The highest BCUT2D eigenvalue weighted by atomic mass is 16.3. The first-order chi connectivity index (χ1) is 30.2. The van der Waals surface area contributed by atoms with E-state index in [9.17, 15) is 0 Å². The quantitative estimate of drug-likeness (QED) is 0.161. The molecule has 0 radical (unpaired) electrons. The van der Waals surface area contributed by atoms with Gasteiger partial charge in [0.25, 0.3) is 0 Å². The first-order valence-corrected chi connectivity index (χ1v) is 20.8. The molecule has 0 saturated heterocycles. The highest BCUT2D eigenvalue weighted by Crippen LogP contribution is 2.46. The molecule has 2 aromatic heterocycles. The number of para-hydroxylation sites is 2. The fraction of sp³-hybridized carbons (Fsp3) is 0. The van der Waals surface area contributed by atoms with E-state index >= 15 is 0 Å².